The van der Waals surface area contributed by atoms with Crippen molar-refractivity contribution in [1.29, 1.82) is 0 Å². The van der Waals surface area contributed by atoms with Crippen molar-refractivity contribution < 1.29 is 17.9 Å². The first-order valence-corrected chi connectivity index (χ1v) is 14.0. The summed E-state index contributed by atoms with van der Waals surface area (Å²) in [5.74, 6) is 0.931. The molecule has 0 aliphatic heterocycles. The number of benzene rings is 4. The van der Waals surface area contributed by atoms with Crippen LogP contribution in [0.2, 0.25) is 0 Å². The van der Waals surface area contributed by atoms with E-state index in [0.29, 0.717) is 22.9 Å². The van der Waals surface area contributed by atoms with E-state index < -0.39 is 9.84 Å². The van der Waals surface area contributed by atoms with Crippen LogP contribution in [0.5, 0.6) is 11.6 Å². The number of carbonyl (C=O) groups is 1. The van der Waals surface area contributed by atoms with Gasteiger partial charge in [0.25, 0.3) is 5.91 Å². The molecule has 0 radical (unpaired) electrons. The summed E-state index contributed by atoms with van der Waals surface area (Å²) in [5, 5.41) is 7.65. The maximum absolute atomic E-state index is 12.9. The van der Waals surface area contributed by atoms with Crippen LogP contribution in [0.1, 0.15) is 22.8 Å². The first-order chi connectivity index (χ1) is 18.8. The number of carbonyl (C=O) groups excluding carboxylic acids is 1. The quantitative estimate of drug-likeness (QED) is 0.231. The Morgan fingerprint density at radius 1 is 0.923 bits per heavy atom. The molecule has 5 rings (SSSR count). The Bertz CT molecular complexity index is 1770. The van der Waals surface area contributed by atoms with Crippen LogP contribution in [0.25, 0.3) is 10.8 Å². The number of hydrogen-bond donors (Lipinski definition) is 2. The molecule has 0 fully saturated rings. The Balaban J connectivity index is 1.36. The lowest BCUT2D eigenvalue weighted by molar-refractivity contribution is 0.102. The number of rotatable bonds is 8. The molecule has 2 N–H and O–H groups in total. The van der Waals surface area contributed by atoms with Gasteiger partial charge < -0.3 is 15.4 Å². The van der Waals surface area contributed by atoms with E-state index in [-0.39, 0.29) is 22.5 Å². The maximum Gasteiger partial charge on any atom is 0.256 e. The lowest BCUT2D eigenvalue weighted by Crippen LogP contribution is -2.12. The van der Waals surface area contributed by atoms with Crippen molar-refractivity contribution in [3.8, 4) is 11.6 Å². The SMILES string of the molecule is CCS(=O)(=O)c1ccc(C)c(Nc2nccc(Oc3ccc4c(C(=O)Nc5ccccc5)cccc4c3)n2)c1. The molecule has 1 heterocycles. The molecule has 0 atom stereocenters. The van der Waals surface area contributed by atoms with E-state index in [1.165, 1.54) is 0 Å². The molecule has 0 saturated heterocycles. The fourth-order valence-corrected chi connectivity index (χ4v) is 4.95. The van der Waals surface area contributed by atoms with Crippen molar-refractivity contribution in [2.24, 2.45) is 0 Å². The number of ether oxygens (including phenoxy) is 1. The van der Waals surface area contributed by atoms with Crippen molar-refractivity contribution in [1.82, 2.24) is 9.97 Å². The maximum atomic E-state index is 12.9. The fourth-order valence-electron chi connectivity index (χ4n) is 4.04. The monoisotopic (exact) mass is 538 g/mol. The highest BCUT2D eigenvalue weighted by atomic mass is 32.2. The summed E-state index contributed by atoms with van der Waals surface area (Å²) in [6, 6.07) is 26.8. The fraction of sp³-hybridized carbons (Fsp3) is 0.100. The van der Waals surface area contributed by atoms with E-state index in [9.17, 15) is 13.2 Å². The van der Waals surface area contributed by atoms with Gasteiger partial charge in [-0.2, -0.15) is 4.98 Å². The summed E-state index contributed by atoms with van der Waals surface area (Å²) >= 11 is 0. The predicted octanol–water partition coefficient (Wildman–Crippen LogP) is 6.52. The number of anilines is 3. The van der Waals surface area contributed by atoms with E-state index in [0.717, 1.165) is 22.0 Å². The Labute approximate surface area is 226 Å². The highest BCUT2D eigenvalue weighted by Crippen LogP contribution is 2.29. The average Bonchev–Trinajstić information content (AvgIpc) is 2.94. The van der Waals surface area contributed by atoms with Gasteiger partial charge in [-0.15, -0.1) is 0 Å². The summed E-state index contributed by atoms with van der Waals surface area (Å²) in [6.07, 6.45) is 1.56. The van der Waals surface area contributed by atoms with Crippen molar-refractivity contribution in [3.05, 3.63) is 108 Å². The first-order valence-electron chi connectivity index (χ1n) is 12.3. The van der Waals surface area contributed by atoms with Crippen molar-refractivity contribution in [2.45, 2.75) is 18.7 Å². The van der Waals surface area contributed by atoms with Crippen LogP contribution in [-0.4, -0.2) is 30.0 Å². The van der Waals surface area contributed by atoms with E-state index in [4.69, 9.17) is 4.74 Å². The summed E-state index contributed by atoms with van der Waals surface area (Å²) in [6.45, 7) is 3.48. The van der Waals surface area contributed by atoms with Gasteiger partial charge in [-0.3, -0.25) is 4.79 Å². The van der Waals surface area contributed by atoms with E-state index >= 15 is 0 Å². The highest BCUT2D eigenvalue weighted by Gasteiger charge is 2.15. The molecule has 0 bridgehead atoms. The van der Waals surface area contributed by atoms with Gasteiger partial charge in [0.1, 0.15) is 5.75 Å². The number of fused-ring (bicyclic) bond motifs is 1. The largest absolute Gasteiger partial charge is 0.439 e. The molecule has 1 aromatic heterocycles. The summed E-state index contributed by atoms with van der Waals surface area (Å²) < 4.78 is 30.6. The number of aryl methyl sites for hydroxylation is 1. The van der Waals surface area contributed by atoms with Gasteiger partial charge in [-0.1, -0.05) is 43.3 Å². The van der Waals surface area contributed by atoms with E-state index in [2.05, 4.69) is 20.6 Å². The van der Waals surface area contributed by atoms with Gasteiger partial charge in [-0.25, -0.2) is 13.4 Å². The smallest absolute Gasteiger partial charge is 0.256 e. The van der Waals surface area contributed by atoms with Gasteiger partial charge in [0.05, 0.1) is 10.6 Å². The lowest BCUT2D eigenvalue weighted by atomic mass is 10.0. The van der Waals surface area contributed by atoms with Crippen LogP contribution in [0, 0.1) is 6.92 Å². The Morgan fingerprint density at radius 3 is 2.54 bits per heavy atom. The van der Waals surface area contributed by atoms with Crippen LogP contribution in [-0.2, 0) is 9.84 Å². The van der Waals surface area contributed by atoms with Gasteiger partial charge in [0.2, 0.25) is 11.8 Å². The normalized spacial score (nSPS) is 11.2. The molecule has 4 aromatic carbocycles. The van der Waals surface area contributed by atoms with E-state index in [1.54, 1.807) is 49.5 Å². The molecule has 8 nitrogen and oxygen atoms in total. The number of nitrogens with zero attached hydrogens (tertiary/aromatic N) is 2. The van der Waals surface area contributed by atoms with Gasteiger partial charge >= 0.3 is 0 Å². The topological polar surface area (TPSA) is 110 Å². The summed E-state index contributed by atoms with van der Waals surface area (Å²) in [7, 11) is -3.35. The number of nitrogens with one attached hydrogen (secondary N) is 2. The zero-order valence-corrected chi connectivity index (χ0v) is 22.2. The van der Waals surface area contributed by atoms with Crippen LogP contribution in [0.4, 0.5) is 17.3 Å². The van der Waals surface area contributed by atoms with Gasteiger partial charge in [0.15, 0.2) is 9.84 Å². The molecule has 0 aliphatic rings. The number of amides is 1. The highest BCUT2D eigenvalue weighted by molar-refractivity contribution is 7.91. The predicted molar refractivity (Wildman–Crippen MR) is 153 cm³/mol. The summed E-state index contributed by atoms with van der Waals surface area (Å²) in [4.78, 5) is 21.8. The second kappa shape index (κ2) is 10.9. The third kappa shape index (κ3) is 5.89. The van der Waals surface area contributed by atoms with Crippen molar-refractivity contribution in [3.63, 3.8) is 0 Å². The molecule has 39 heavy (non-hydrogen) atoms. The number of aromatic nitrogens is 2. The molecule has 0 spiro atoms. The van der Waals surface area contributed by atoms with E-state index in [1.807, 2.05) is 61.5 Å². The molecular weight excluding hydrogens is 512 g/mol. The summed E-state index contributed by atoms with van der Waals surface area (Å²) in [5.41, 5.74) is 2.72. The Hall–Kier alpha value is -4.76. The molecular formula is C30H26N4O4S. The van der Waals surface area contributed by atoms with Crippen molar-refractivity contribution in [2.75, 3.05) is 16.4 Å². The lowest BCUT2D eigenvalue weighted by Gasteiger charge is -2.12. The molecule has 5 aromatic rings. The molecule has 0 saturated carbocycles. The van der Waals surface area contributed by atoms with Crippen LogP contribution in [0.3, 0.4) is 0 Å². The molecule has 0 unspecified atom stereocenters. The first kappa shape index (κ1) is 25.9. The zero-order chi connectivity index (χ0) is 27.4. The number of para-hydroxylation sites is 1. The van der Waals surface area contributed by atoms with Crippen LogP contribution >= 0.6 is 0 Å². The third-order valence-electron chi connectivity index (χ3n) is 6.18. The zero-order valence-electron chi connectivity index (χ0n) is 21.4. The van der Waals surface area contributed by atoms with Crippen LogP contribution in [0.15, 0.2) is 102 Å². The second-order valence-electron chi connectivity index (χ2n) is 8.83. The Kier molecular flexibility index (Phi) is 7.25. The Morgan fingerprint density at radius 2 is 1.74 bits per heavy atom. The average molecular weight is 539 g/mol. The standard InChI is InChI=1S/C30H26N4O4S/c1-3-39(36,37)24-14-12-20(2)27(19-24)33-30-31-17-16-28(34-30)38-23-13-15-25-21(18-23)8-7-11-26(25)29(35)32-22-9-5-4-6-10-22/h4-19H,3H2,1-2H3,(H,32,35)(H,31,33,34). The van der Waals surface area contributed by atoms with Gasteiger partial charge in [-0.05, 0) is 71.8 Å². The molecule has 1 amide bonds. The van der Waals surface area contributed by atoms with Gasteiger partial charge in [0, 0.05) is 29.2 Å². The second-order valence-corrected chi connectivity index (χ2v) is 11.1. The number of sulfone groups is 1. The van der Waals surface area contributed by atoms with Crippen molar-refractivity contribution >= 4 is 43.8 Å². The third-order valence-corrected chi connectivity index (χ3v) is 7.91. The minimum absolute atomic E-state index is 0.0142. The molecule has 0 aliphatic carbocycles. The minimum Gasteiger partial charge on any atom is -0.439 e. The van der Waals surface area contributed by atoms with Crippen LogP contribution < -0.4 is 15.4 Å². The minimum atomic E-state index is -3.35. The molecule has 9 heteroatoms. The number of hydrogen-bond acceptors (Lipinski definition) is 7. The molecule has 196 valence electrons.